The van der Waals surface area contributed by atoms with Crippen molar-refractivity contribution in [3.8, 4) is 17.2 Å². The van der Waals surface area contributed by atoms with Gasteiger partial charge in [0.15, 0.2) is 0 Å². The number of aryl methyl sites for hydroxylation is 2. The van der Waals surface area contributed by atoms with Crippen LogP contribution in [0, 0.1) is 24.0 Å². The molecule has 0 aliphatic heterocycles. The number of esters is 1. The lowest BCUT2D eigenvalue weighted by molar-refractivity contribution is -0.384. The number of hydrogen-bond donors (Lipinski definition) is 0. The summed E-state index contributed by atoms with van der Waals surface area (Å²) in [4.78, 5) is 35.6. The Labute approximate surface area is 202 Å². The van der Waals surface area contributed by atoms with Gasteiger partial charge in [0.2, 0.25) is 11.2 Å². The van der Waals surface area contributed by atoms with Crippen LogP contribution in [0.1, 0.15) is 21.5 Å². The Morgan fingerprint density at radius 3 is 2.38 bits per heavy atom. The predicted octanol–water partition coefficient (Wildman–Crippen LogP) is 6.64. The number of ether oxygens (including phenoxy) is 2. The van der Waals surface area contributed by atoms with E-state index < -0.39 is 22.0 Å². The smallest absolute Gasteiger partial charge is 0.343 e. The fourth-order valence-electron chi connectivity index (χ4n) is 3.26. The largest absolute Gasteiger partial charge is 0.460 e. The molecule has 0 fully saturated rings. The molecule has 0 bridgehead atoms. The lowest BCUT2D eigenvalue weighted by Crippen LogP contribution is -2.09. The van der Waals surface area contributed by atoms with Crippen molar-refractivity contribution in [1.82, 2.24) is 0 Å². The van der Waals surface area contributed by atoms with Gasteiger partial charge >= 0.3 is 5.97 Å². The van der Waals surface area contributed by atoms with Crippen LogP contribution in [0.4, 0.5) is 5.69 Å². The Hall–Kier alpha value is -3.88. The molecule has 1 heterocycles. The molecule has 4 aromatic rings. The predicted molar refractivity (Wildman–Crippen MR) is 127 cm³/mol. The number of nitrogens with zero attached hydrogens (tertiary/aromatic N) is 1. The monoisotopic (exact) mass is 499 g/mol. The maximum Gasteiger partial charge on any atom is 0.343 e. The molecule has 0 radical (unpaired) electrons. The highest BCUT2D eigenvalue weighted by molar-refractivity contribution is 6.32. The zero-order chi connectivity index (χ0) is 24.6. The van der Waals surface area contributed by atoms with Crippen molar-refractivity contribution in [3.05, 3.63) is 102 Å². The molecule has 10 heteroatoms. The molecule has 0 amide bonds. The summed E-state index contributed by atoms with van der Waals surface area (Å²) in [5.41, 5.74) is 0.874. The first-order valence-corrected chi connectivity index (χ1v) is 10.6. The van der Waals surface area contributed by atoms with E-state index in [2.05, 4.69) is 0 Å². The van der Waals surface area contributed by atoms with Crippen molar-refractivity contribution in [2.24, 2.45) is 0 Å². The number of halogens is 2. The first-order chi connectivity index (χ1) is 16.1. The van der Waals surface area contributed by atoms with E-state index in [4.69, 9.17) is 37.1 Å². The third-order valence-corrected chi connectivity index (χ3v) is 5.86. The van der Waals surface area contributed by atoms with E-state index in [-0.39, 0.29) is 33.1 Å². The summed E-state index contributed by atoms with van der Waals surface area (Å²) in [6.07, 6.45) is 1.16. The van der Waals surface area contributed by atoms with Gasteiger partial charge in [-0.05, 0) is 61.4 Å². The molecule has 0 aliphatic rings. The highest BCUT2D eigenvalue weighted by Crippen LogP contribution is 2.30. The van der Waals surface area contributed by atoms with Crippen molar-refractivity contribution in [2.75, 3.05) is 0 Å². The standard InChI is InChI=1S/C24H15Cl2NO7/c1-12-7-16(8-13(2)22(12)26)33-21-11-32-20-10-15(4-5-17(20)23(21)28)34-24(29)14-3-6-18(25)19(9-14)27(30)31/h3-11H,1-2H3. The molecule has 0 N–H and O–H groups in total. The number of fused-ring (bicyclic) bond motifs is 1. The van der Waals surface area contributed by atoms with Gasteiger partial charge in [-0.15, -0.1) is 0 Å². The Morgan fingerprint density at radius 1 is 1.00 bits per heavy atom. The molecule has 0 spiro atoms. The zero-order valence-corrected chi connectivity index (χ0v) is 19.3. The van der Waals surface area contributed by atoms with Crippen molar-refractivity contribution >= 4 is 45.8 Å². The fourth-order valence-corrected chi connectivity index (χ4v) is 3.56. The normalized spacial score (nSPS) is 10.8. The second-order valence-corrected chi connectivity index (χ2v) is 8.16. The van der Waals surface area contributed by atoms with Crippen LogP contribution in [0.25, 0.3) is 11.0 Å². The number of nitro groups is 1. The second-order valence-electron chi connectivity index (χ2n) is 7.37. The Morgan fingerprint density at radius 2 is 1.71 bits per heavy atom. The second kappa shape index (κ2) is 9.17. The first-order valence-electron chi connectivity index (χ1n) is 9.80. The highest BCUT2D eigenvalue weighted by atomic mass is 35.5. The Balaban J connectivity index is 1.59. The summed E-state index contributed by atoms with van der Waals surface area (Å²) in [5.74, 6) is -0.341. The molecule has 172 valence electrons. The minimum atomic E-state index is -0.838. The number of carbonyl (C=O) groups is 1. The van der Waals surface area contributed by atoms with E-state index in [1.807, 2.05) is 13.8 Å². The van der Waals surface area contributed by atoms with Crippen LogP contribution in [0.3, 0.4) is 0 Å². The highest BCUT2D eigenvalue weighted by Gasteiger charge is 2.18. The van der Waals surface area contributed by atoms with Crippen LogP contribution >= 0.6 is 23.2 Å². The third kappa shape index (κ3) is 4.59. The number of hydrogen-bond acceptors (Lipinski definition) is 7. The average molecular weight is 500 g/mol. The molecule has 0 unspecified atom stereocenters. The summed E-state index contributed by atoms with van der Waals surface area (Å²) in [5, 5.41) is 11.8. The van der Waals surface area contributed by atoms with E-state index in [0.717, 1.165) is 23.5 Å². The average Bonchev–Trinajstić information content (AvgIpc) is 2.79. The van der Waals surface area contributed by atoms with Crippen molar-refractivity contribution in [3.63, 3.8) is 0 Å². The third-order valence-electron chi connectivity index (χ3n) is 4.94. The van der Waals surface area contributed by atoms with Crippen molar-refractivity contribution < 1.29 is 23.6 Å². The molecule has 8 nitrogen and oxygen atoms in total. The van der Waals surface area contributed by atoms with Gasteiger partial charge in [-0.3, -0.25) is 14.9 Å². The van der Waals surface area contributed by atoms with Gasteiger partial charge < -0.3 is 13.9 Å². The van der Waals surface area contributed by atoms with Crippen LogP contribution < -0.4 is 14.9 Å². The number of nitro benzene ring substituents is 1. The number of carbonyl (C=O) groups excluding carboxylic acids is 1. The topological polar surface area (TPSA) is 109 Å². The molecule has 3 aromatic carbocycles. The summed E-state index contributed by atoms with van der Waals surface area (Å²) < 4.78 is 16.5. The van der Waals surface area contributed by atoms with Crippen LogP contribution in [0.2, 0.25) is 10.0 Å². The zero-order valence-electron chi connectivity index (χ0n) is 17.8. The SMILES string of the molecule is Cc1cc(Oc2coc3cc(OC(=O)c4ccc(Cl)c([N+](=O)[O-])c4)ccc3c2=O)cc(C)c1Cl. The van der Waals surface area contributed by atoms with Gasteiger partial charge in [0.25, 0.3) is 5.69 Å². The van der Waals surface area contributed by atoms with E-state index >= 15 is 0 Å². The van der Waals surface area contributed by atoms with Gasteiger partial charge in [-0.2, -0.15) is 0 Å². The van der Waals surface area contributed by atoms with Crippen molar-refractivity contribution in [2.45, 2.75) is 13.8 Å². The molecule has 0 saturated carbocycles. The quantitative estimate of drug-likeness (QED) is 0.131. The molecular formula is C24H15Cl2NO7. The number of benzene rings is 3. The number of rotatable bonds is 5. The van der Waals surface area contributed by atoms with E-state index in [0.29, 0.717) is 10.8 Å². The fraction of sp³-hybridized carbons (Fsp3) is 0.0833. The van der Waals surface area contributed by atoms with E-state index in [1.54, 1.807) is 12.1 Å². The van der Waals surface area contributed by atoms with Crippen LogP contribution in [-0.2, 0) is 0 Å². The molecule has 1 aromatic heterocycles. The summed E-state index contributed by atoms with van der Waals surface area (Å²) in [6, 6.07) is 11.2. The van der Waals surface area contributed by atoms with Gasteiger partial charge in [0.05, 0.1) is 15.9 Å². The molecule has 4 rings (SSSR count). The minimum Gasteiger partial charge on any atom is -0.460 e. The van der Waals surface area contributed by atoms with Gasteiger partial charge in [0.1, 0.15) is 28.4 Å². The summed E-state index contributed by atoms with van der Waals surface area (Å²) >= 11 is 11.9. The van der Waals surface area contributed by atoms with Gasteiger partial charge in [-0.25, -0.2) is 4.79 Å². The molecule has 0 atom stereocenters. The van der Waals surface area contributed by atoms with Gasteiger partial charge in [0, 0.05) is 17.2 Å². The van der Waals surface area contributed by atoms with Crippen LogP contribution in [-0.4, -0.2) is 10.9 Å². The van der Waals surface area contributed by atoms with Gasteiger partial charge in [-0.1, -0.05) is 23.2 Å². The molecule has 34 heavy (non-hydrogen) atoms. The van der Waals surface area contributed by atoms with E-state index in [1.165, 1.54) is 30.3 Å². The summed E-state index contributed by atoms with van der Waals surface area (Å²) in [6.45, 7) is 3.66. The molecule has 0 saturated heterocycles. The Bertz CT molecular complexity index is 1510. The Kier molecular flexibility index (Phi) is 6.28. The van der Waals surface area contributed by atoms with Crippen molar-refractivity contribution in [1.29, 1.82) is 0 Å². The lowest BCUT2D eigenvalue weighted by Gasteiger charge is -2.10. The van der Waals surface area contributed by atoms with Crippen LogP contribution in [0.15, 0.2) is 64.0 Å². The maximum absolute atomic E-state index is 12.9. The summed E-state index contributed by atoms with van der Waals surface area (Å²) in [7, 11) is 0. The lowest BCUT2D eigenvalue weighted by atomic mass is 10.1. The van der Waals surface area contributed by atoms with Crippen LogP contribution in [0.5, 0.6) is 17.2 Å². The van der Waals surface area contributed by atoms with E-state index in [9.17, 15) is 19.7 Å². The minimum absolute atomic E-state index is 0.0214. The maximum atomic E-state index is 12.9. The molecular weight excluding hydrogens is 485 g/mol. The first kappa shape index (κ1) is 23.3. The molecule has 0 aliphatic carbocycles.